The molecule has 0 bridgehead atoms. The van der Waals surface area contributed by atoms with E-state index < -0.39 is 0 Å². The third-order valence-corrected chi connectivity index (χ3v) is 5.04. The Morgan fingerprint density at radius 1 is 1.15 bits per heavy atom. The van der Waals surface area contributed by atoms with Gasteiger partial charge in [0.1, 0.15) is 0 Å². The Balaban J connectivity index is 1.97. The fraction of sp³-hybridized carbons (Fsp3) is 0.444. The maximum atomic E-state index is 3.62. The first-order valence-electron chi connectivity index (χ1n) is 7.25. The lowest BCUT2D eigenvalue weighted by molar-refractivity contribution is 0.578. The molecule has 1 nitrogen and oxygen atoms in total. The van der Waals surface area contributed by atoms with Crippen molar-refractivity contribution < 1.29 is 0 Å². The highest BCUT2D eigenvalue weighted by atomic mass is 32.1. The predicted molar refractivity (Wildman–Crippen MR) is 89.5 cm³/mol. The molecule has 1 N–H and O–H groups in total. The summed E-state index contributed by atoms with van der Waals surface area (Å²) in [6, 6.07) is 13.6. The second-order valence-electron chi connectivity index (χ2n) is 6.53. The van der Waals surface area contributed by atoms with E-state index in [-0.39, 0.29) is 5.41 Å². The summed E-state index contributed by atoms with van der Waals surface area (Å²) < 4.78 is 0. The van der Waals surface area contributed by atoms with Crippen LogP contribution >= 0.6 is 11.3 Å². The average Bonchev–Trinajstić information content (AvgIpc) is 2.84. The predicted octanol–water partition coefficient (Wildman–Crippen LogP) is 5.20. The lowest BCUT2D eigenvalue weighted by Gasteiger charge is -2.16. The van der Waals surface area contributed by atoms with Crippen molar-refractivity contribution in [1.82, 2.24) is 5.32 Å². The minimum atomic E-state index is 0.255. The molecule has 0 aliphatic carbocycles. The second kappa shape index (κ2) is 6.11. The third-order valence-electron chi connectivity index (χ3n) is 3.53. The zero-order valence-corrected chi connectivity index (χ0v) is 14.0. The molecular weight excluding hydrogens is 262 g/mol. The summed E-state index contributed by atoms with van der Waals surface area (Å²) in [6.45, 7) is 12.1. The summed E-state index contributed by atoms with van der Waals surface area (Å²) in [7, 11) is 0. The van der Waals surface area contributed by atoms with Gasteiger partial charge in [0.25, 0.3) is 0 Å². The van der Waals surface area contributed by atoms with Gasteiger partial charge in [0.15, 0.2) is 0 Å². The van der Waals surface area contributed by atoms with E-state index in [0.29, 0.717) is 6.04 Å². The van der Waals surface area contributed by atoms with Gasteiger partial charge in [0.05, 0.1) is 0 Å². The fourth-order valence-electron chi connectivity index (χ4n) is 2.19. The lowest BCUT2D eigenvalue weighted by Crippen LogP contribution is -2.17. The highest BCUT2D eigenvalue weighted by Crippen LogP contribution is 2.29. The molecule has 2 aromatic rings. The molecule has 20 heavy (non-hydrogen) atoms. The van der Waals surface area contributed by atoms with Gasteiger partial charge in [-0.25, -0.2) is 0 Å². The monoisotopic (exact) mass is 287 g/mol. The van der Waals surface area contributed by atoms with Crippen LogP contribution in [0.5, 0.6) is 0 Å². The summed E-state index contributed by atoms with van der Waals surface area (Å²) in [5, 5.41) is 3.62. The Bertz CT molecular complexity index is 563. The van der Waals surface area contributed by atoms with E-state index in [1.807, 2.05) is 11.3 Å². The molecule has 0 aliphatic heterocycles. The van der Waals surface area contributed by atoms with Crippen LogP contribution < -0.4 is 5.32 Å². The van der Waals surface area contributed by atoms with Gasteiger partial charge in [-0.05, 0) is 37.0 Å². The quantitative estimate of drug-likeness (QED) is 0.814. The van der Waals surface area contributed by atoms with Crippen molar-refractivity contribution in [3.8, 4) is 0 Å². The van der Waals surface area contributed by atoms with E-state index in [1.165, 1.54) is 20.9 Å². The van der Waals surface area contributed by atoms with Crippen LogP contribution in [0.1, 0.15) is 54.6 Å². The van der Waals surface area contributed by atoms with Crippen LogP contribution in [-0.2, 0) is 12.0 Å². The van der Waals surface area contributed by atoms with Gasteiger partial charge in [0, 0.05) is 22.3 Å². The SMILES string of the molecule is Cc1cccc([C@H](C)NCc2ccc(C(C)(C)C)s2)c1. The molecule has 0 amide bonds. The number of hydrogen-bond donors (Lipinski definition) is 1. The maximum Gasteiger partial charge on any atom is 0.0305 e. The standard InChI is InChI=1S/C18H25NS/c1-13-7-6-8-15(11-13)14(2)19-12-16-9-10-17(20-16)18(3,4)5/h6-11,14,19H,12H2,1-5H3/t14-/m0/s1. The zero-order valence-electron chi connectivity index (χ0n) is 13.2. The van der Waals surface area contributed by atoms with Gasteiger partial charge in [-0.1, -0.05) is 50.6 Å². The van der Waals surface area contributed by atoms with Crippen LogP contribution in [0.2, 0.25) is 0 Å². The molecule has 0 aliphatic rings. The van der Waals surface area contributed by atoms with Crippen LogP contribution in [0.15, 0.2) is 36.4 Å². The van der Waals surface area contributed by atoms with Gasteiger partial charge in [-0.3, -0.25) is 0 Å². The molecule has 0 unspecified atom stereocenters. The van der Waals surface area contributed by atoms with Gasteiger partial charge < -0.3 is 5.32 Å². The van der Waals surface area contributed by atoms with E-state index in [2.05, 4.69) is 76.3 Å². The van der Waals surface area contributed by atoms with Crippen molar-refractivity contribution in [2.75, 3.05) is 0 Å². The smallest absolute Gasteiger partial charge is 0.0305 e. The van der Waals surface area contributed by atoms with Crippen LogP contribution in [0.25, 0.3) is 0 Å². The van der Waals surface area contributed by atoms with E-state index in [1.54, 1.807) is 0 Å². The van der Waals surface area contributed by atoms with Crippen molar-refractivity contribution in [3.05, 3.63) is 57.3 Å². The van der Waals surface area contributed by atoms with Crippen LogP contribution in [-0.4, -0.2) is 0 Å². The molecule has 108 valence electrons. The van der Waals surface area contributed by atoms with Gasteiger partial charge in [-0.15, -0.1) is 11.3 Å². The number of thiophene rings is 1. The van der Waals surface area contributed by atoms with E-state index in [4.69, 9.17) is 0 Å². The molecule has 1 heterocycles. The topological polar surface area (TPSA) is 12.0 Å². The summed E-state index contributed by atoms with van der Waals surface area (Å²) in [6.07, 6.45) is 0. The molecule has 0 radical (unpaired) electrons. The molecule has 2 heteroatoms. The fourth-order valence-corrected chi connectivity index (χ4v) is 3.20. The number of hydrogen-bond acceptors (Lipinski definition) is 2. The minimum absolute atomic E-state index is 0.255. The van der Waals surface area contributed by atoms with Crippen molar-refractivity contribution >= 4 is 11.3 Å². The second-order valence-corrected chi connectivity index (χ2v) is 7.70. The third kappa shape index (κ3) is 3.94. The van der Waals surface area contributed by atoms with Crippen molar-refractivity contribution in [1.29, 1.82) is 0 Å². The molecule has 0 spiro atoms. The number of nitrogens with one attached hydrogen (secondary N) is 1. The molecule has 2 rings (SSSR count). The first-order chi connectivity index (χ1) is 9.36. The zero-order chi connectivity index (χ0) is 14.8. The maximum absolute atomic E-state index is 3.62. The molecular formula is C18H25NS. The molecule has 0 saturated heterocycles. The highest BCUT2D eigenvalue weighted by Gasteiger charge is 2.16. The first-order valence-corrected chi connectivity index (χ1v) is 8.07. The summed E-state index contributed by atoms with van der Waals surface area (Å²) >= 11 is 1.92. The van der Waals surface area contributed by atoms with E-state index in [0.717, 1.165) is 6.54 Å². The first kappa shape index (κ1) is 15.3. The molecule has 1 atom stereocenters. The molecule has 1 aromatic carbocycles. The van der Waals surface area contributed by atoms with Crippen LogP contribution in [0, 0.1) is 6.92 Å². The van der Waals surface area contributed by atoms with Crippen molar-refractivity contribution in [3.63, 3.8) is 0 Å². The summed E-state index contributed by atoms with van der Waals surface area (Å²) in [5.74, 6) is 0. The Morgan fingerprint density at radius 3 is 2.50 bits per heavy atom. The van der Waals surface area contributed by atoms with Crippen molar-refractivity contribution in [2.45, 2.75) is 52.6 Å². The highest BCUT2D eigenvalue weighted by molar-refractivity contribution is 7.12. The van der Waals surface area contributed by atoms with Gasteiger partial charge >= 0.3 is 0 Å². The normalized spacial score (nSPS) is 13.4. The Hall–Kier alpha value is -1.12. The molecule has 0 saturated carbocycles. The lowest BCUT2D eigenvalue weighted by atomic mass is 9.95. The van der Waals surface area contributed by atoms with Crippen molar-refractivity contribution in [2.24, 2.45) is 0 Å². The van der Waals surface area contributed by atoms with Crippen LogP contribution in [0.3, 0.4) is 0 Å². The largest absolute Gasteiger partial charge is 0.305 e. The molecule has 0 fully saturated rings. The van der Waals surface area contributed by atoms with Crippen LogP contribution in [0.4, 0.5) is 0 Å². The minimum Gasteiger partial charge on any atom is -0.305 e. The van der Waals surface area contributed by atoms with E-state index in [9.17, 15) is 0 Å². The summed E-state index contributed by atoms with van der Waals surface area (Å²) in [5.41, 5.74) is 2.94. The van der Waals surface area contributed by atoms with Gasteiger partial charge in [0.2, 0.25) is 0 Å². The van der Waals surface area contributed by atoms with Gasteiger partial charge in [-0.2, -0.15) is 0 Å². The Labute approximate surface area is 127 Å². The Morgan fingerprint density at radius 2 is 1.90 bits per heavy atom. The van der Waals surface area contributed by atoms with E-state index >= 15 is 0 Å². The molecule has 1 aromatic heterocycles. The number of benzene rings is 1. The average molecular weight is 287 g/mol. The summed E-state index contributed by atoms with van der Waals surface area (Å²) in [4.78, 5) is 2.87. The Kier molecular flexibility index (Phi) is 4.66. The number of rotatable bonds is 4. The number of aryl methyl sites for hydroxylation is 1.